The standard InChI is InChI=1S/C59H40N4/c1-3-15-42(16-4-1)56-33-29-44(38-60-56)51-20-8-11-23-54(51)47-35-46(36-48(37-47)55-24-12-9-21-52(55)45-30-34-57(61-39-45)43-17-5-2-6-18-43)53-22-10-7-19-50(53)41-27-31-49(32-28-41)63-40-62-58-25-13-14-26-59(58)63/h1-40H. The van der Waals surface area contributed by atoms with E-state index >= 15 is 0 Å². The van der Waals surface area contributed by atoms with Gasteiger partial charge < -0.3 is 0 Å². The largest absolute Gasteiger partial charge is 0.299 e. The first-order chi connectivity index (χ1) is 31.2. The van der Waals surface area contributed by atoms with Gasteiger partial charge in [-0.1, -0.05) is 170 Å². The number of hydrogen-bond donors (Lipinski definition) is 0. The summed E-state index contributed by atoms with van der Waals surface area (Å²) in [6.45, 7) is 0. The third-order valence-electron chi connectivity index (χ3n) is 11.8. The van der Waals surface area contributed by atoms with Crippen molar-refractivity contribution in [1.82, 2.24) is 19.5 Å². The zero-order valence-electron chi connectivity index (χ0n) is 34.4. The summed E-state index contributed by atoms with van der Waals surface area (Å²) < 4.78 is 2.14. The molecule has 3 heterocycles. The number of aromatic nitrogens is 4. The number of benzene rings is 8. The lowest BCUT2D eigenvalue weighted by molar-refractivity contribution is 1.09. The van der Waals surface area contributed by atoms with Crippen LogP contribution in [0.4, 0.5) is 0 Å². The summed E-state index contributed by atoms with van der Waals surface area (Å²) >= 11 is 0. The van der Waals surface area contributed by atoms with Crippen LogP contribution in [0.1, 0.15) is 0 Å². The number of hydrogen-bond acceptors (Lipinski definition) is 3. The fourth-order valence-electron chi connectivity index (χ4n) is 8.69. The molecule has 0 aliphatic carbocycles. The Balaban J connectivity index is 1.05. The van der Waals surface area contributed by atoms with E-state index in [1.54, 1.807) is 0 Å². The second-order valence-electron chi connectivity index (χ2n) is 15.7. The molecule has 0 amide bonds. The molecule has 0 aliphatic rings. The van der Waals surface area contributed by atoms with Gasteiger partial charge in [-0.05, 0) is 110 Å². The first-order valence-corrected chi connectivity index (χ1v) is 21.2. The summed E-state index contributed by atoms with van der Waals surface area (Å²) in [5, 5.41) is 0. The third-order valence-corrected chi connectivity index (χ3v) is 11.8. The number of rotatable bonds is 9. The quantitative estimate of drug-likeness (QED) is 0.146. The molecule has 0 N–H and O–H groups in total. The Morgan fingerprint density at radius 3 is 1.10 bits per heavy atom. The molecule has 296 valence electrons. The molecule has 0 fully saturated rings. The van der Waals surface area contributed by atoms with E-state index in [9.17, 15) is 0 Å². The Kier molecular flexibility index (Phi) is 9.85. The van der Waals surface area contributed by atoms with E-state index in [1.807, 2.05) is 43.0 Å². The molecule has 11 rings (SSSR count). The predicted molar refractivity (Wildman–Crippen MR) is 260 cm³/mol. The minimum Gasteiger partial charge on any atom is -0.299 e. The highest BCUT2D eigenvalue weighted by Gasteiger charge is 2.17. The zero-order chi connectivity index (χ0) is 42.0. The summed E-state index contributed by atoms with van der Waals surface area (Å²) in [5.74, 6) is 0. The summed E-state index contributed by atoms with van der Waals surface area (Å²) in [6.07, 6.45) is 5.90. The number of para-hydroxylation sites is 2. The van der Waals surface area contributed by atoms with Gasteiger partial charge in [0.2, 0.25) is 0 Å². The van der Waals surface area contributed by atoms with E-state index in [4.69, 9.17) is 9.97 Å². The van der Waals surface area contributed by atoms with E-state index < -0.39 is 0 Å². The molecule has 63 heavy (non-hydrogen) atoms. The minimum atomic E-state index is 0.951. The highest BCUT2D eigenvalue weighted by molar-refractivity contribution is 5.94. The highest BCUT2D eigenvalue weighted by atomic mass is 15.0. The molecule has 4 nitrogen and oxygen atoms in total. The molecule has 0 radical (unpaired) electrons. The predicted octanol–water partition coefficient (Wildman–Crippen LogP) is 15.2. The fraction of sp³-hybridized carbons (Fsp3) is 0. The van der Waals surface area contributed by atoms with Crippen LogP contribution in [0.5, 0.6) is 0 Å². The number of imidazole rings is 1. The van der Waals surface area contributed by atoms with Gasteiger partial charge >= 0.3 is 0 Å². The van der Waals surface area contributed by atoms with Gasteiger partial charge in [-0.25, -0.2) is 4.98 Å². The van der Waals surface area contributed by atoms with Gasteiger partial charge in [-0.2, -0.15) is 0 Å². The van der Waals surface area contributed by atoms with Crippen LogP contribution >= 0.6 is 0 Å². The molecule has 0 bridgehead atoms. The van der Waals surface area contributed by atoms with Crippen LogP contribution in [-0.2, 0) is 0 Å². The Morgan fingerprint density at radius 2 is 0.651 bits per heavy atom. The van der Waals surface area contributed by atoms with Crippen molar-refractivity contribution >= 4 is 11.0 Å². The molecule has 0 atom stereocenters. The summed E-state index contributed by atoms with van der Waals surface area (Å²) in [7, 11) is 0. The fourth-order valence-corrected chi connectivity index (χ4v) is 8.69. The van der Waals surface area contributed by atoms with Gasteiger partial charge in [-0.3, -0.25) is 14.5 Å². The van der Waals surface area contributed by atoms with Crippen LogP contribution < -0.4 is 0 Å². The van der Waals surface area contributed by atoms with Gasteiger partial charge in [0, 0.05) is 40.3 Å². The van der Waals surface area contributed by atoms with E-state index in [0.717, 1.165) is 106 Å². The van der Waals surface area contributed by atoms with E-state index in [0.29, 0.717) is 0 Å². The van der Waals surface area contributed by atoms with Crippen LogP contribution in [-0.4, -0.2) is 19.5 Å². The van der Waals surface area contributed by atoms with Crippen molar-refractivity contribution in [3.05, 3.63) is 243 Å². The molecule has 0 spiro atoms. The molecule has 0 saturated heterocycles. The van der Waals surface area contributed by atoms with Crippen LogP contribution in [0.25, 0.3) is 106 Å². The molecule has 0 unspecified atom stereocenters. The van der Waals surface area contributed by atoms with Gasteiger partial charge in [0.15, 0.2) is 0 Å². The van der Waals surface area contributed by atoms with Crippen LogP contribution in [0, 0.1) is 0 Å². The number of nitrogens with zero attached hydrogens (tertiary/aromatic N) is 4. The lowest BCUT2D eigenvalue weighted by atomic mass is 9.86. The summed E-state index contributed by atoms with van der Waals surface area (Å²) in [5.41, 5.74) is 20.7. The SMILES string of the molecule is c1ccc(-c2ccc(-c3ccccc3-c3cc(-c4ccccc4-c4ccc(-n5cnc6ccccc65)cc4)cc(-c4ccccc4-c4ccc(-c5ccccc5)nc4)c3)cn2)cc1. The Hall–Kier alpha value is -8.47. The molecule has 0 aliphatic heterocycles. The molecule has 11 aromatic rings. The van der Waals surface area contributed by atoms with Gasteiger partial charge in [-0.15, -0.1) is 0 Å². The van der Waals surface area contributed by atoms with Crippen LogP contribution in [0.15, 0.2) is 243 Å². The molecular formula is C59H40N4. The van der Waals surface area contributed by atoms with Gasteiger partial charge in [0.05, 0.1) is 22.4 Å². The van der Waals surface area contributed by atoms with E-state index in [1.165, 1.54) is 0 Å². The first kappa shape index (κ1) is 37.5. The minimum absolute atomic E-state index is 0.951. The average molecular weight is 805 g/mol. The maximum atomic E-state index is 4.93. The first-order valence-electron chi connectivity index (χ1n) is 21.2. The van der Waals surface area contributed by atoms with Crippen molar-refractivity contribution in [2.24, 2.45) is 0 Å². The summed E-state index contributed by atoms with van der Waals surface area (Å²) in [6, 6.07) is 79.4. The van der Waals surface area contributed by atoms with Crippen LogP contribution in [0.2, 0.25) is 0 Å². The molecule has 8 aromatic carbocycles. The lowest BCUT2D eigenvalue weighted by Gasteiger charge is -2.18. The zero-order valence-corrected chi connectivity index (χ0v) is 34.4. The van der Waals surface area contributed by atoms with Crippen LogP contribution in [0.3, 0.4) is 0 Å². The molecule has 0 saturated carbocycles. The maximum Gasteiger partial charge on any atom is 0.100 e. The average Bonchev–Trinajstić information content (AvgIpc) is 3.81. The molecular weight excluding hydrogens is 765 g/mol. The van der Waals surface area contributed by atoms with Crippen molar-refractivity contribution in [2.75, 3.05) is 0 Å². The van der Waals surface area contributed by atoms with Crippen molar-refractivity contribution in [3.63, 3.8) is 0 Å². The number of pyridine rings is 2. The number of fused-ring (bicyclic) bond motifs is 1. The molecule has 3 aromatic heterocycles. The Bertz CT molecular complexity index is 3210. The van der Waals surface area contributed by atoms with Crippen molar-refractivity contribution in [3.8, 4) is 95.0 Å². The van der Waals surface area contributed by atoms with Crippen molar-refractivity contribution < 1.29 is 0 Å². The monoisotopic (exact) mass is 804 g/mol. The van der Waals surface area contributed by atoms with E-state index in [2.05, 4.69) is 210 Å². The normalized spacial score (nSPS) is 11.2. The van der Waals surface area contributed by atoms with Crippen molar-refractivity contribution in [2.45, 2.75) is 0 Å². The lowest BCUT2D eigenvalue weighted by Crippen LogP contribution is -1.93. The topological polar surface area (TPSA) is 43.6 Å². The van der Waals surface area contributed by atoms with Gasteiger partial charge in [0.25, 0.3) is 0 Å². The van der Waals surface area contributed by atoms with Crippen molar-refractivity contribution in [1.29, 1.82) is 0 Å². The Morgan fingerprint density at radius 1 is 0.270 bits per heavy atom. The van der Waals surface area contributed by atoms with E-state index in [-0.39, 0.29) is 0 Å². The molecule has 4 heteroatoms. The second kappa shape index (κ2) is 16.5. The third kappa shape index (κ3) is 7.41. The second-order valence-corrected chi connectivity index (χ2v) is 15.7. The highest BCUT2D eigenvalue weighted by Crippen LogP contribution is 2.42. The van der Waals surface area contributed by atoms with Gasteiger partial charge in [0.1, 0.15) is 6.33 Å². The Labute approximate surface area is 367 Å². The maximum absolute atomic E-state index is 4.93. The summed E-state index contributed by atoms with van der Waals surface area (Å²) in [4.78, 5) is 14.5. The smallest absolute Gasteiger partial charge is 0.100 e.